The van der Waals surface area contributed by atoms with Crippen LogP contribution in [0.15, 0.2) is 0 Å². The average Bonchev–Trinajstić information content (AvgIpc) is 1.97. The molecule has 0 aromatic heterocycles. The smallest absolute Gasteiger partial charge is 0.853 e. The Balaban J connectivity index is -0.000000403. The molecule has 1 saturated heterocycles. The van der Waals surface area contributed by atoms with Crippen LogP contribution < -0.4 is 190 Å². The van der Waals surface area contributed by atoms with Crippen molar-refractivity contribution in [2.45, 2.75) is 35.9 Å². The van der Waals surface area contributed by atoms with E-state index in [-0.39, 0.29) is 175 Å². The molecule has 66 valence electrons. The maximum absolute atomic E-state index is 10.9. The predicted molar refractivity (Wildman–Crippen MR) is 34.4 cm³/mol. The number of aliphatic hydroxyl groups is 1. The third-order valence-corrected chi connectivity index (χ3v) is 2.99. The molecule has 8 heteroatoms. The Labute approximate surface area is 235 Å². The van der Waals surface area contributed by atoms with Crippen molar-refractivity contribution in [2.75, 3.05) is 0 Å². The number of aliphatic hydroxyl groups excluding tert-OH is 1. The topological polar surface area (TPSA) is 89.4 Å². The Hall–Kier alpha value is 5.61. The van der Waals surface area contributed by atoms with Crippen LogP contribution in [-0.2, 0) is 0 Å². The van der Waals surface area contributed by atoms with Gasteiger partial charge in [-0.2, -0.15) is 0 Å². The van der Waals surface area contributed by atoms with E-state index in [1.807, 2.05) is 0 Å². The molecule has 0 radical (unpaired) electrons. The Kier molecular flexibility index (Phi) is 21.7. The van der Waals surface area contributed by atoms with E-state index < -0.39 is 29.0 Å². The van der Waals surface area contributed by atoms with Crippen molar-refractivity contribution >= 4 is 11.8 Å². The molecular formula is C6H9O4Rb3S. The van der Waals surface area contributed by atoms with Crippen LogP contribution in [0.4, 0.5) is 0 Å². The number of hydrogen-bond donors (Lipinski definition) is 1. The predicted octanol–water partition coefficient (Wildman–Crippen LogP) is -12.4. The summed E-state index contributed by atoms with van der Waals surface area (Å²) in [5, 5.41) is 41.0. The third-order valence-electron chi connectivity index (χ3n) is 1.75. The van der Waals surface area contributed by atoms with Gasteiger partial charge in [-0.05, 0) is 5.25 Å². The average molecular weight is 434 g/mol. The second kappa shape index (κ2) is 12.4. The molecule has 4 nitrogen and oxygen atoms in total. The van der Waals surface area contributed by atoms with Gasteiger partial charge in [0.25, 0.3) is 0 Å². The fraction of sp³-hybridized carbons (Fsp3) is 1.00. The molecule has 1 rings (SSSR count). The van der Waals surface area contributed by atoms with Crippen molar-refractivity contribution in [3.63, 3.8) is 0 Å². The van der Waals surface area contributed by atoms with Gasteiger partial charge in [0.1, 0.15) is 0 Å². The summed E-state index contributed by atoms with van der Waals surface area (Å²) >= 11 is 0.892. The molecule has 1 fully saturated rings. The zero-order valence-electron chi connectivity index (χ0n) is 8.97. The summed E-state index contributed by atoms with van der Waals surface area (Å²) in [6.07, 6.45) is -4.76. The van der Waals surface area contributed by atoms with Gasteiger partial charge < -0.3 is 20.4 Å². The fourth-order valence-corrected chi connectivity index (χ4v) is 2.05. The molecule has 0 bridgehead atoms. The third kappa shape index (κ3) is 7.40. The van der Waals surface area contributed by atoms with Gasteiger partial charge in [0, 0.05) is 0 Å². The number of thioether (sulfide) groups is 1. The molecule has 0 aromatic rings. The zero-order valence-corrected chi connectivity index (χ0v) is 24.5. The first-order chi connectivity index (χ1) is 5.04. The summed E-state index contributed by atoms with van der Waals surface area (Å²) in [7, 11) is 0. The molecule has 14 heavy (non-hydrogen) atoms. The van der Waals surface area contributed by atoms with Crippen LogP contribution in [-0.4, -0.2) is 34.1 Å². The Morgan fingerprint density at radius 2 is 1.36 bits per heavy atom. The maximum atomic E-state index is 10.9. The van der Waals surface area contributed by atoms with Gasteiger partial charge in [0.2, 0.25) is 0 Å². The van der Waals surface area contributed by atoms with Gasteiger partial charge in [0.15, 0.2) is 0 Å². The monoisotopic (exact) mass is 432 g/mol. The second-order valence-electron chi connectivity index (χ2n) is 2.63. The van der Waals surface area contributed by atoms with Crippen LogP contribution in [0.1, 0.15) is 6.92 Å². The molecule has 1 heterocycles. The minimum absolute atomic E-state index is 0. The van der Waals surface area contributed by atoms with Crippen LogP contribution in [0, 0.1) is 0 Å². The first-order valence-corrected chi connectivity index (χ1v) is 4.29. The Morgan fingerprint density at radius 3 is 1.79 bits per heavy atom. The summed E-state index contributed by atoms with van der Waals surface area (Å²) in [6.45, 7) is 1.56. The van der Waals surface area contributed by atoms with Gasteiger partial charge in [0.05, 0.1) is 5.44 Å². The molecule has 1 aliphatic heterocycles. The van der Waals surface area contributed by atoms with Crippen LogP contribution in [0.3, 0.4) is 0 Å². The Morgan fingerprint density at radius 1 is 0.929 bits per heavy atom. The van der Waals surface area contributed by atoms with Gasteiger partial charge in [-0.15, -0.1) is 30.1 Å². The SMILES string of the molecule is CC1SC(O)C([O-])C([O-])C1[O-].[Rb+].[Rb+].[Rb+]. The molecule has 1 N–H and O–H groups in total. The molecule has 0 saturated carbocycles. The standard InChI is InChI=1S/C6H9O4S.3Rb/c1-2-3(7)4(8)5(9)6(10)11-2;;;/h2-6,10H,1H3;;;/q-3;3*+1. The van der Waals surface area contributed by atoms with E-state index in [2.05, 4.69) is 0 Å². The molecule has 5 atom stereocenters. The summed E-state index contributed by atoms with van der Waals surface area (Å²) in [6, 6.07) is 0. The maximum Gasteiger partial charge on any atom is 1.00 e. The van der Waals surface area contributed by atoms with Crippen molar-refractivity contribution in [1.29, 1.82) is 0 Å². The van der Waals surface area contributed by atoms with E-state index >= 15 is 0 Å². The van der Waals surface area contributed by atoms with E-state index in [9.17, 15) is 15.3 Å². The van der Waals surface area contributed by atoms with Crippen LogP contribution in [0.2, 0.25) is 0 Å². The first kappa shape index (κ1) is 24.6. The van der Waals surface area contributed by atoms with Crippen LogP contribution >= 0.6 is 11.8 Å². The van der Waals surface area contributed by atoms with Gasteiger partial charge in [-0.1, -0.05) is 6.92 Å². The van der Waals surface area contributed by atoms with Gasteiger partial charge in [-0.25, -0.2) is 0 Å². The summed E-state index contributed by atoms with van der Waals surface area (Å²) in [4.78, 5) is 0. The summed E-state index contributed by atoms with van der Waals surface area (Å²) in [5.74, 6) is 0. The van der Waals surface area contributed by atoms with E-state index in [0.29, 0.717) is 0 Å². The van der Waals surface area contributed by atoms with E-state index in [4.69, 9.17) is 5.11 Å². The van der Waals surface area contributed by atoms with Crippen molar-refractivity contribution < 1.29 is 195 Å². The van der Waals surface area contributed by atoms with E-state index in [0.717, 1.165) is 11.8 Å². The van der Waals surface area contributed by atoms with Crippen molar-refractivity contribution in [3.8, 4) is 0 Å². The first-order valence-electron chi connectivity index (χ1n) is 3.35. The van der Waals surface area contributed by atoms with Crippen molar-refractivity contribution in [3.05, 3.63) is 0 Å². The largest absolute Gasteiger partial charge is 1.00 e. The molecule has 0 spiro atoms. The van der Waals surface area contributed by atoms with Crippen molar-refractivity contribution in [2.24, 2.45) is 0 Å². The number of rotatable bonds is 0. The van der Waals surface area contributed by atoms with Crippen LogP contribution in [0.25, 0.3) is 0 Å². The molecule has 5 unspecified atom stereocenters. The van der Waals surface area contributed by atoms with Crippen LogP contribution in [0.5, 0.6) is 0 Å². The molecule has 0 amide bonds. The fourth-order valence-electron chi connectivity index (χ4n) is 0.991. The number of hydrogen-bond acceptors (Lipinski definition) is 5. The van der Waals surface area contributed by atoms with Gasteiger partial charge in [-0.3, -0.25) is 0 Å². The van der Waals surface area contributed by atoms with E-state index in [1.165, 1.54) is 0 Å². The zero-order chi connectivity index (χ0) is 8.59. The Bertz CT molecular complexity index is 139. The molecule has 0 aromatic carbocycles. The van der Waals surface area contributed by atoms with Gasteiger partial charge >= 0.3 is 175 Å². The minimum atomic E-state index is -1.71. The molecular weight excluding hydrogens is 425 g/mol. The van der Waals surface area contributed by atoms with E-state index in [1.54, 1.807) is 6.92 Å². The summed E-state index contributed by atoms with van der Waals surface area (Å²) in [5.41, 5.74) is -1.21. The van der Waals surface area contributed by atoms with Crippen molar-refractivity contribution in [1.82, 2.24) is 0 Å². The normalized spacial score (nSPS) is 41.4. The molecule has 1 aliphatic rings. The quantitative estimate of drug-likeness (QED) is 0.410. The second-order valence-corrected chi connectivity index (χ2v) is 4.12. The minimum Gasteiger partial charge on any atom is -0.853 e. The summed E-state index contributed by atoms with van der Waals surface area (Å²) < 4.78 is 0. The molecule has 0 aliphatic carbocycles.